The molecule has 3 rings (SSSR count). The zero-order valence-electron chi connectivity index (χ0n) is 11.4. The number of benzene rings is 2. The van der Waals surface area contributed by atoms with E-state index in [0.29, 0.717) is 10.6 Å². The zero-order chi connectivity index (χ0) is 15.7. The van der Waals surface area contributed by atoms with E-state index in [-0.39, 0.29) is 11.4 Å². The van der Waals surface area contributed by atoms with Gasteiger partial charge in [0.1, 0.15) is 4.90 Å². The van der Waals surface area contributed by atoms with E-state index in [4.69, 9.17) is 11.5 Å². The second-order valence-electron chi connectivity index (χ2n) is 4.63. The highest BCUT2D eigenvalue weighted by Gasteiger charge is 2.20. The number of nitrogens with two attached hydrogens (primary N) is 2. The van der Waals surface area contributed by atoms with E-state index in [0.717, 1.165) is 15.7 Å². The highest BCUT2D eigenvalue weighted by atomic mass is 32.2. The third-order valence-corrected chi connectivity index (χ3v) is 4.47. The van der Waals surface area contributed by atoms with Crippen LogP contribution in [0.1, 0.15) is 0 Å². The van der Waals surface area contributed by atoms with Gasteiger partial charge in [-0.25, -0.2) is 0 Å². The number of rotatable bonds is 3. The lowest BCUT2D eigenvalue weighted by Crippen LogP contribution is -2.00. The van der Waals surface area contributed by atoms with Gasteiger partial charge >= 0.3 is 0 Å². The lowest BCUT2D eigenvalue weighted by Gasteiger charge is -2.10. The number of pyridine rings is 1. The summed E-state index contributed by atoms with van der Waals surface area (Å²) in [5.41, 5.74) is 12.2. The van der Waals surface area contributed by atoms with Crippen molar-refractivity contribution in [3.8, 4) is 0 Å². The predicted molar refractivity (Wildman–Crippen MR) is 87.8 cm³/mol. The van der Waals surface area contributed by atoms with Crippen LogP contribution in [0.5, 0.6) is 0 Å². The minimum atomic E-state index is -0.454. The fourth-order valence-electron chi connectivity index (χ4n) is 2.15. The molecule has 1 heterocycles. The molecule has 7 heteroatoms. The monoisotopic (exact) mass is 312 g/mol. The van der Waals surface area contributed by atoms with Crippen molar-refractivity contribution in [2.75, 3.05) is 11.5 Å². The first-order valence-electron chi connectivity index (χ1n) is 6.41. The quantitative estimate of drug-likeness (QED) is 0.435. The first kappa shape index (κ1) is 14.2. The first-order valence-corrected chi connectivity index (χ1v) is 7.22. The van der Waals surface area contributed by atoms with Crippen molar-refractivity contribution in [2.45, 2.75) is 9.79 Å². The van der Waals surface area contributed by atoms with Gasteiger partial charge in [0.2, 0.25) is 0 Å². The van der Waals surface area contributed by atoms with Crippen molar-refractivity contribution in [1.29, 1.82) is 0 Å². The predicted octanol–water partition coefficient (Wildman–Crippen LogP) is 3.46. The van der Waals surface area contributed by atoms with Crippen molar-refractivity contribution in [3.05, 3.63) is 58.9 Å². The number of nitrogen functional groups attached to an aromatic ring is 2. The van der Waals surface area contributed by atoms with Crippen LogP contribution in [0.4, 0.5) is 17.1 Å². The molecule has 0 bridgehead atoms. The minimum absolute atomic E-state index is 0.0530. The summed E-state index contributed by atoms with van der Waals surface area (Å²) in [5.74, 6) is 0. The number of aromatic nitrogens is 1. The Balaban J connectivity index is 2.17. The molecule has 0 saturated carbocycles. The molecule has 4 N–H and O–H groups in total. The van der Waals surface area contributed by atoms with Crippen LogP contribution in [0.3, 0.4) is 0 Å². The SMILES string of the molecule is Nc1ccc([N+](=O)[O-])c(Sc2cccc3cnccc23)c1N. The van der Waals surface area contributed by atoms with E-state index >= 15 is 0 Å². The molecular weight excluding hydrogens is 300 g/mol. The number of nitro benzene ring substituents is 1. The number of hydrogen-bond donors (Lipinski definition) is 2. The number of hydrogen-bond acceptors (Lipinski definition) is 6. The maximum absolute atomic E-state index is 11.2. The molecule has 1 aromatic heterocycles. The fourth-order valence-corrected chi connectivity index (χ4v) is 3.28. The van der Waals surface area contributed by atoms with Crippen LogP contribution >= 0.6 is 11.8 Å². The number of nitro groups is 1. The molecule has 3 aromatic rings. The van der Waals surface area contributed by atoms with Gasteiger partial charge in [0.25, 0.3) is 5.69 Å². The third-order valence-electron chi connectivity index (χ3n) is 3.26. The normalized spacial score (nSPS) is 10.7. The summed E-state index contributed by atoms with van der Waals surface area (Å²) >= 11 is 1.24. The molecule has 0 unspecified atom stereocenters. The molecule has 0 atom stereocenters. The molecular formula is C15H12N4O2S. The van der Waals surface area contributed by atoms with Gasteiger partial charge in [-0.05, 0) is 23.6 Å². The van der Waals surface area contributed by atoms with Crippen molar-refractivity contribution < 1.29 is 4.92 Å². The zero-order valence-corrected chi connectivity index (χ0v) is 12.2. The summed E-state index contributed by atoms with van der Waals surface area (Å²) in [7, 11) is 0. The topological polar surface area (TPSA) is 108 Å². The van der Waals surface area contributed by atoms with E-state index < -0.39 is 4.92 Å². The Bertz CT molecular complexity index is 877. The summed E-state index contributed by atoms with van der Waals surface area (Å²) in [4.78, 5) is 16.1. The van der Waals surface area contributed by atoms with E-state index in [9.17, 15) is 10.1 Å². The Hall–Kier alpha value is -2.80. The number of anilines is 2. The molecule has 0 aliphatic heterocycles. The molecule has 110 valence electrons. The van der Waals surface area contributed by atoms with Crippen LogP contribution in [-0.2, 0) is 0 Å². The Kier molecular flexibility index (Phi) is 3.56. The Morgan fingerprint density at radius 1 is 1.14 bits per heavy atom. The summed E-state index contributed by atoms with van der Waals surface area (Å²) in [6, 6.07) is 10.4. The Morgan fingerprint density at radius 2 is 1.95 bits per heavy atom. The van der Waals surface area contributed by atoms with Crippen LogP contribution in [0.2, 0.25) is 0 Å². The molecule has 0 radical (unpaired) electrons. The van der Waals surface area contributed by atoms with Crippen LogP contribution in [0.25, 0.3) is 10.8 Å². The average Bonchev–Trinajstić information content (AvgIpc) is 2.52. The van der Waals surface area contributed by atoms with Gasteiger partial charge in [-0.15, -0.1) is 0 Å². The van der Waals surface area contributed by atoms with Crippen LogP contribution in [0, 0.1) is 10.1 Å². The summed E-state index contributed by atoms with van der Waals surface area (Å²) in [6.07, 6.45) is 3.43. The molecule has 0 aliphatic rings. The molecule has 0 spiro atoms. The van der Waals surface area contributed by atoms with Crippen molar-refractivity contribution in [2.24, 2.45) is 0 Å². The van der Waals surface area contributed by atoms with Gasteiger partial charge in [0.15, 0.2) is 0 Å². The van der Waals surface area contributed by atoms with Gasteiger partial charge in [-0.1, -0.05) is 23.9 Å². The average molecular weight is 312 g/mol. The lowest BCUT2D eigenvalue weighted by molar-refractivity contribution is -0.387. The molecule has 22 heavy (non-hydrogen) atoms. The maximum Gasteiger partial charge on any atom is 0.285 e. The molecule has 0 saturated heterocycles. The molecule has 0 amide bonds. The van der Waals surface area contributed by atoms with E-state index in [1.165, 1.54) is 23.9 Å². The van der Waals surface area contributed by atoms with Crippen LogP contribution < -0.4 is 11.5 Å². The lowest BCUT2D eigenvalue weighted by atomic mass is 10.2. The maximum atomic E-state index is 11.2. The smallest absolute Gasteiger partial charge is 0.285 e. The van der Waals surface area contributed by atoms with Crippen molar-refractivity contribution in [3.63, 3.8) is 0 Å². The largest absolute Gasteiger partial charge is 0.397 e. The number of nitrogens with zero attached hydrogens (tertiary/aromatic N) is 2. The number of fused-ring (bicyclic) bond motifs is 1. The third kappa shape index (κ3) is 2.42. The second kappa shape index (κ2) is 5.53. The summed E-state index contributed by atoms with van der Waals surface area (Å²) in [5, 5.41) is 13.1. The summed E-state index contributed by atoms with van der Waals surface area (Å²) < 4.78 is 0. The summed E-state index contributed by atoms with van der Waals surface area (Å²) in [6.45, 7) is 0. The van der Waals surface area contributed by atoms with E-state index in [2.05, 4.69) is 4.98 Å². The van der Waals surface area contributed by atoms with Gasteiger partial charge < -0.3 is 11.5 Å². The van der Waals surface area contributed by atoms with Gasteiger partial charge in [0.05, 0.1) is 16.3 Å². The van der Waals surface area contributed by atoms with Crippen LogP contribution in [-0.4, -0.2) is 9.91 Å². The second-order valence-corrected chi connectivity index (χ2v) is 5.68. The highest BCUT2D eigenvalue weighted by Crippen LogP contribution is 2.43. The Morgan fingerprint density at radius 3 is 2.73 bits per heavy atom. The molecule has 2 aromatic carbocycles. The van der Waals surface area contributed by atoms with E-state index in [1.807, 2.05) is 24.3 Å². The van der Waals surface area contributed by atoms with Gasteiger partial charge in [0, 0.05) is 28.7 Å². The highest BCUT2D eigenvalue weighted by molar-refractivity contribution is 7.99. The van der Waals surface area contributed by atoms with Gasteiger partial charge in [-0.3, -0.25) is 15.1 Å². The van der Waals surface area contributed by atoms with Gasteiger partial charge in [-0.2, -0.15) is 0 Å². The molecule has 0 fully saturated rings. The van der Waals surface area contributed by atoms with E-state index in [1.54, 1.807) is 12.4 Å². The van der Waals surface area contributed by atoms with Crippen molar-refractivity contribution in [1.82, 2.24) is 4.98 Å². The molecule has 0 aliphatic carbocycles. The Labute approximate surface area is 130 Å². The van der Waals surface area contributed by atoms with Crippen molar-refractivity contribution >= 4 is 39.6 Å². The van der Waals surface area contributed by atoms with Crippen LogP contribution in [0.15, 0.2) is 58.6 Å². The first-order chi connectivity index (χ1) is 10.6. The fraction of sp³-hybridized carbons (Fsp3) is 0. The minimum Gasteiger partial charge on any atom is -0.397 e. The molecule has 6 nitrogen and oxygen atoms in total. The standard InChI is InChI=1S/C15H12N4O2S/c16-11-4-5-12(19(20)21)15(14(11)17)22-13-3-1-2-9-8-18-7-6-10(9)13/h1-8H,16-17H2.